The second-order valence-electron chi connectivity index (χ2n) is 7.93. The van der Waals surface area contributed by atoms with Crippen molar-refractivity contribution in [2.75, 3.05) is 17.7 Å². The summed E-state index contributed by atoms with van der Waals surface area (Å²) in [7, 11) is 0. The molecule has 1 aliphatic carbocycles. The van der Waals surface area contributed by atoms with Crippen LogP contribution < -0.4 is 15.8 Å². The molecular weight excluding hydrogens is 344 g/mol. The van der Waals surface area contributed by atoms with Gasteiger partial charge in [0.15, 0.2) is 0 Å². The third kappa shape index (κ3) is 3.73. The average Bonchev–Trinajstić information content (AvgIpc) is 2.91. The summed E-state index contributed by atoms with van der Waals surface area (Å²) >= 11 is 1.58. The molecule has 5 heteroatoms. The van der Waals surface area contributed by atoms with Gasteiger partial charge in [-0.3, -0.25) is 4.79 Å². The van der Waals surface area contributed by atoms with Crippen LogP contribution >= 0.6 is 11.3 Å². The Balaban J connectivity index is 1.85. The quantitative estimate of drug-likeness (QED) is 0.782. The highest BCUT2D eigenvalue weighted by Crippen LogP contribution is 2.43. The lowest BCUT2D eigenvalue weighted by Crippen LogP contribution is -2.27. The van der Waals surface area contributed by atoms with Crippen LogP contribution in [0.1, 0.15) is 54.9 Å². The summed E-state index contributed by atoms with van der Waals surface area (Å²) in [5.41, 5.74) is 9.00. The fraction of sp³-hybridized carbons (Fsp3) is 0.476. The highest BCUT2D eigenvalue weighted by Gasteiger charge is 2.33. The molecular formula is C21H28N2O2S. The molecule has 0 spiro atoms. The van der Waals surface area contributed by atoms with Crippen molar-refractivity contribution in [3.8, 4) is 5.75 Å². The number of hydrogen-bond donors (Lipinski definition) is 2. The zero-order valence-electron chi connectivity index (χ0n) is 16.0. The van der Waals surface area contributed by atoms with Gasteiger partial charge < -0.3 is 15.8 Å². The summed E-state index contributed by atoms with van der Waals surface area (Å²) in [6.07, 6.45) is 3.03. The molecule has 0 aliphatic heterocycles. The largest absolute Gasteiger partial charge is 0.492 e. The first-order chi connectivity index (χ1) is 12.3. The summed E-state index contributed by atoms with van der Waals surface area (Å²) in [6, 6.07) is 7.50. The molecule has 1 unspecified atom stereocenters. The predicted octanol–water partition coefficient (Wildman–Crippen LogP) is 5.13. The van der Waals surface area contributed by atoms with Crippen LogP contribution in [0.2, 0.25) is 0 Å². The van der Waals surface area contributed by atoms with E-state index in [1.807, 2.05) is 31.2 Å². The highest BCUT2D eigenvalue weighted by molar-refractivity contribution is 7.16. The highest BCUT2D eigenvalue weighted by atomic mass is 32.1. The van der Waals surface area contributed by atoms with E-state index >= 15 is 0 Å². The van der Waals surface area contributed by atoms with E-state index in [1.54, 1.807) is 11.3 Å². The number of fused-ring (bicyclic) bond motifs is 1. The number of amides is 1. The Morgan fingerprint density at radius 2 is 2.08 bits per heavy atom. The maximum absolute atomic E-state index is 13.0. The van der Waals surface area contributed by atoms with Crippen molar-refractivity contribution >= 4 is 27.9 Å². The summed E-state index contributed by atoms with van der Waals surface area (Å²) < 4.78 is 5.61. The maximum atomic E-state index is 13.0. The first-order valence-electron chi connectivity index (χ1n) is 9.24. The third-order valence-electron chi connectivity index (χ3n) is 5.18. The number of hydrogen-bond acceptors (Lipinski definition) is 4. The van der Waals surface area contributed by atoms with E-state index in [-0.39, 0.29) is 11.3 Å². The average molecular weight is 373 g/mol. The van der Waals surface area contributed by atoms with Crippen molar-refractivity contribution in [1.29, 1.82) is 0 Å². The minimum Gasteiger partial charge on any atom is -0.492 e. The Morgan fingerprint density at radius 3 is 2.77 bits per heavy atom. The summed E-state index contributed by atoms with van der Waals surface area (Å²) in [5, 5.41) is 3.61. The lowest BCUT2D eigenvalue weighted by molar-refractivity contribution is 0.102. The second kappa shape index (κ2) is 7.31. The first-order valence-corrected chi connectivity index (χ1v) is 10.1. The van der Waals surface area contributed by atoms with Gasteiger partial charge in [-0.1, -0.05) is 32.9 Å². The molecule has 1 aromatic heterocycles. The van der Waals surface area contributed by atoms with Crippen LogP contribution in [0.4, 0.5) is 10.7 Å². The van der Waals surface area contributed by atoms with Gasteiger partial charge in [0.1, 0.15) is 5.75 Å². The molecule has 3 N–H and O–H groups in total. The number of ether oxygens (including phenoxy) is 1. The first kappa shape index (κ1) is 18.8. The Hall–Kier alpha value is -2.01. The minimum absolute atomic E-state index is 0.138. The second-order valence-corrected chi connectivity index (χ2v) is 9.07. The van der Waals surface area contributed by atoms with E-state index in [9.17, 15) is 4.79 Å². The van der Waals surface area contributed by atoms with Crippen molar-refractivity contribution in [2.24, 2.45) is 11.3 Å². The van der Waals surface area contributed by atoms with Crippen LogP contribution in [0.5, 0.6) is 5.75 Å². The van der Waals surface area contributed by atoms with E-state index in [0.717, 1.165) is 24.8 Å². The molecule has 0 saturated carbocycles. The van der Waals surface area contributed by atoms with Gasteiger partial charge in [0.2, 0.25) is 0 Å². The monoisotopic (exact) mass is 372 g/mol. The molecule has 0 fully saturated rings. The number of nitrogens with one attached hydrogen (secondary N) is 1. The van der Waals surface area contributed by atoms with Crippen LogP contribution in [0.15, 0.2) is 24.3 Å². The van der Waals surface area contributed by atoms with Crippen LogP contribution in [-0.2, 0) is 12.8 Å². The summed E-state index contributed by atoms with van der Waals surface area (Å²) in [6.45, 7) is 9.35. The molecule has 2 aromatic rings. The molecule has 0 bridgehead atoms. The molecule has 0 saturated heterocycles. The number of anilines is 2. The van der Waals surface area contributed by atoms with Crippen molar-refractivity contribution in [3.05, 3.63) is 40.3 Å². The molecule has 0 radical (unpaired) electrons. The predicted molar refractivity (Wildman–Crippen MR) is 109 cm³/mol. The van der Waals surface area contributed by atoms with E-state index in [2.05, 4.69) is 26.1 Å². The van der Waals surface area contributed by atoms with E-state index < -0.39 is 0 Å². The number of nitrogen functional groups attached to an aromatic ring is 1. The maximum Gasteiger partial charge on any atom is 0.259 e. The van der Waals surface area contributed by atoms with Gasteiger partial charge in [-0.15, -0.1) is 11.3 Å². The van der Waals surface area contributed by atoms with E-state index in [1.165, 1.54) is 4.88 Å². The Labute approximate surface area is 159 Å². The third-order valence-corrected chi connectivity index (χ3v) is 6.26. The van der Waals surface area contributed by atoms with Gasteiger partial charge in [0, 0.05) is 4.88 Å². The number of para-hydroxylation sites is 2. The van der Waals surface area contributed by atoms with Crippen molar-refractivity contribution < 1.29 is 9.53 Å². The molecule has 26 heavy (non-hydrogen) atoms. The Morgan fingerprint density at radius 1 is 1.35 bits per heavy atom. The smallest absolute Gasteiger partial charge is 0.259 e. The summed E-state index contributed by atoms with van der Waals surface area (Å²) in [4.78, 5) is 14.2. The lowest BCUT2D eigenvalue weighted by atomic mass is 9.72. The number of carbonyl (C=O) groups is 1. The number of carbonyl (C=O) groups excluding carboxylic acids is 1. The Bertz CT molecular complexity index is 805. The number of rotatable bonds is 4. The molecule has 1 aromatic carbocycles. The molecule has 1 heterocycles. The van der Waals surface area contributed by atoms with Gasteiger partial charge in [-0.05, 0) is 55.2 Å². The zero-order chi connectivity index (χ0) is 18.9. The van der Waals surface area contributed by atoms with Gasteiger partial charge in [0.05, 0.1) is 22.9 Å². The van der Waals surface area contributed by atoms with Crippen LogP contribution in [0, 0.1) is 11.3 Å². The summed E-state index contributed by atoms with van der Waals surface area (Å²) in [5.74, 6) is 1.17. The minimum atomic E-state index is -0.138. The standard InChI is InChI=1S/C21H28N2O2S/c1-5-25-16-9-7-6-8-15(16)23-20(24)18-14-11-10-13(21(2,3)4)12-17(14)26-19(18)22/h6-9,13H,5,10-12,22H2,1-4H3,(H,23,24). The van der Waals surface area contributed by atoms with Gasteiger partial charge in [0.25, 0.3) is 5.91 Å². The number of benzene rings is 1. The molecule has 140 valence electrons. The van der Waals surface area contributed by atoms with Crippen LogP contribution in [0.3, 0.4) is 0 Å². The topological polar surface area (TPSA) is 64.3 Å². The van der Waals surface area contributed by atoms with E-state index in [4.69, 9.17) is 10.5 Å². The van der Waals surface area contributed by atoms with Crippen molar-refractivity contribution in [2.45, 2.75) is 47.0 Å². The normalized spacial score (nSPS) is 16.8. The fourth-order valence-electron chi connectivity index (χ4n) is 3.63. The lowest BCUT2D eigenvalue weighted by Gasteiger charge is -2.33. The van der Waals surface area contributed by atoms with Crippen molar-refractivity contribution in [3.63, 3.8) is 0 Å². The van der Waals surface area contributed by atoms with Crippen molar-refractivity contribution in [1.82, 2.24) is 0 Å². The van der Waals surface area contributed by atoms with Gasteiger partial charge in [-0.25, -0.2) is 0 Å². The van der Waals surface area contributed by atoms with E-state index in [0.29, 0.717) is 34.5 Å². The SMILES string of the molecule is CCOc1ccccc1NC(=O)c1c(N)sc2c1CCC(C(C)(C)C)C2. The zero-order valence-corrected chi connectivity index (χ0v) is 16.8. The van der Waals surface area contributed by atoms with Crippen LogP contribution in [0.25, 0.3) is 0 Å². The molecule has 4 nitrogen and oxygen atoms in total. The van der Waals surface area contributed by atoms with Crippen LogP contribution in [-0.4, -0.2) is 12.5 Å². The molecule has 1 atom stereocenters. The molecule has 1 amide bonds. The Kier molecular flexibility index (Phi) is 5.28. The number of nitrogens with two attached hydrogens (primary N) is 1. The van der Waals surface area contributed by atoms with Gasteiger partial charge >= 0.3 is 0 Å². The molecule has 3 rings (SSSR count). The number of thiophene rings is 1. The molecule has 1 aliphatic rings. The van der Waals surface area contributed by atoms with Gasteiger partial charge in [-0.2, -0.15) is 0 Å². The fourth-order valence-corrected chi connectivity index (χ4v) is 4.83.